The number of piperidine rings is 1. The highest BCUT2D eigenvalue weighted by atomic mass is 19.4. The Morgan fingerprint density at radius 1 is 1.08 bits per heavy atom. The van der Waals surface area contributed by atoms with Crippen molar-refractivity contribution in [3.8, 4) is 0 Å². The summed E-state index contributed by atoms with van der Waals surface area (Å²) in [6.45, 7) is 9.95. The molecule has 1 N–H and O–H groups in total. The molecule has 0 spiro atoms. The van der Waals surface area contributed by atoms with Crippen molar-refractivity contribution < 1.29 is 18.0 Å². The van der Waals surface area contributed by atoms with Crippen LogP contribution in [-0.4, -0.2) is 72.0 Å². The van der Waals surface area contributed by atoms with E-state index in [-0.39, 0.29) is 5.91 Å². The highest BCUT2D eigenvalue weighted by Gasteiger charge is 2.36. The predicted molar refractivity (Wildman–Crippen MR) is 139 cm³/mol. The monoisotopic (exact) mass is 517 g/mol. The highest BCUT2D eigenvalue weighted by Crippen LogP contribution is 2.33. The van der Waals surface area contributed by atoms with Crippen LogP contribution in [0.1, 0.15) is 44.2 Å². The van der Waals surface area contributed by atoms with Gasteiger partial charge in [0.15, 0.2) is 0 Å². The quantitative estimate of drug-likeness (QED) is 0.562. The number of halogens is 3. The second kappa shape index (κ2) is 12.3. The Kier molecular flexibility index (Phi) is 9.08. The first-order valence-corrected chi connectivity index (χ1v) is 13.3. The zero-order valence-corrected chi connectivity index (χ0v) is 21.8. The lowest BCUT2D eigenvalue weighted by Crippen LogP contribution is -2.57. The molecule has 2 aliphatic heterocycles. The summed E-state index contributed by atoms with van der Waals surface area (Å²) in [7, 11) is 0. The Labute approximate surface area is 217 Å². The molecule has 2 fully saturated rings. The molecule has 3 heterocycles. The number of carbonyl (C=O) groups excluding carboxylic acids is 1. The van der Waals surface area contributed by atoms with Crippen LogP contribution in [0, 0.1) is 5.92 Å². The first kappa shape index (κ1) is 27.4. The summed E-state index contributed by atoms with van der Waals surface area (Å²) in [5.74, 6) is 0.439. The number of nitrogens with zero attached hydrogens (tertiary/aromatic N) is 4. The first-order chi connectivity index (χ1) is 17.7. The summed E-state index contributed by atoms with van der Waals surface area (Å²) in [6, 6.07) is 10.3. The normalized spacial score (nSPS) is 21.8. The Balaban J connectivity index is 1.33. The van der Waals surface area contributed by atoms with Gasteiger partial charge in [-0.1, -0.05) is 6.07 Å². The average Bonchev–Trinajstić information content (AvgIpc) is 2.91. The summed E-state index contributed by atoms with van der Waals surface area (Å²) in [4.78, 5) is 23.7. The van der Waals surface area contributed by atoms with E-state index in [1.165, 1.54) is 12.1 Å². The fraction of sp³-hybridized carbons (Fsp3) is 0.571. The number of piperazine rings is 1. The molecule has 0 unspecified atom stereocenters. The molecule has 0 bridgehead atoms. The van der Waals surface area contributed by atoms with Crippen molar-refractivity contribution in [2.75, 3.05) is 44.2 Å². The Morgan fingerprint density at radius 3 is 2.49 bits per heavy atom. The zero-order valence-electron chi connectivity index (χ0n) is 21.8. The topological polar surface area (TPSA) is 51.7 Å². The van der Waals surface area contributed by atoms with E-state index < -0.39 is 11.7 Å². The predicted octanol–water partition coefficient (Wildman–Crippen LogP) is 4.42. The van der Waals surface area contributed by atoms with Crippen LogP contribution in [0.25, 0.3) is 0 Å². The van der Waals surface area contributed by atoms with Gasteiger partial charge in [-0.2, -0.15) is 13.2 Å². The van der Waals surface area contributed by atoms with Crippen molar-refractivity contribution >= 4 is 11.6 Å². The van der Waals surface area contributed by atoms with Crippen LogP contribution >= 0.6 is 0 Å². The first-order valence-electron chi connectivity index (χ1n) is 13.3. The molecule has 0 aliphatic carbocycles. The van der Waals surface area contributed by atoms with Crippen molar-refractivity contribution in [1.82, 2.24) is 20.1 Å². The van der Waals surface area contributed by atoms with Gasteiger partial charge in [-0.25, -0.2) is 0 Å². The van der Waals surface area contributed by atoms with Gasteiger partial charge in [-0.3, -0.25) is 14.7 Å². The maximum absolute atomic E-state index is 13.2. The number of amides is 1. The number of alkyl halides is 3. The third kappa shape index (κ3) is 7.45. The molecule has 37 heavy (non-hydrogen) atoms. The number of carbonyl (C=O) groups is 1. The average molecular weight is 518 g/mol. The van der Waals surface area contributed by atoms with E-state index in [1.807, 2.05) is 12.1 Å². The fourth-order valence-electron chi connectivity index (χ4n) is 5.58. The van der Waals surface area contributed by atoms with Crippen LogP contribution in [-0.2, 0) is 17.5 Å². The second-order valence-corrected chi connectivity index (χ2v) is 10.4. The van der Waals surface area contributed by atoms with Gasteiger partial charge in [0.05, 0.1) is 5.56 Å². The van der Waals surface area contributed by atoms with E-state index in [4.69, 9.17) is 0 Å². The van der Waals surface area contributed by atoms with E-state index in [0.29, 0.717) is 49.7 Å². The summed E-state index contributed by atoms with van der Waals surface area (Å²) in [5.41, 5.74) is 1.06. The molecule has 4 rings (SSSR count). The molecule has 2 aromatic rings. The number of anilines is 1. The minimum atomic E-state index is -4.33. The number of aromatic nitrogens is 1. The maximum Gasteiger partial charge on any atom is 0.416 e. The van der Waals surface area contributed by atoms with Crippen molar-refractivity contribution in [3.05, 3.63) is 59.9 Å². The molecular formula is C28H38F3N5O. The van der Waals surface area contributed by atoms with Crippen LogP contribution in [0.2, 0.25) is 0 Å². The summed E-state index contributed by atoms with van der Waals surface area (Å²) < 4.78 is 39.5. The van der Waals surface area contributed by atoms with Gasteiger partial charge in [0.2, 0.25) is 5.91 Å². The number of pyridine rings is 1. The molecule has 9 heteroatoms. The molecule has 6 nitrogen and oxygen atoms in total. The van der Waals surface area contributed by atoms with E-state index in [2.05, 4.69) is 38.8 Å². The summed E-state index contributed by atoms with van der Waals surface area (Å²) >= 11 is 0. The van der Waals surface area contributed by atoms with Gasteiger partial charge in [-0.05, 0) is 75.0 Å². The van der Waals surface area contributed by atoms with E-state index in [9.17, 15) is 18.0 Å². The lowest BCUT2D eigenvalue weighted by Gasteiger charge is -2.48. The third-order valence-corrected chi connectivity index (χ3v) is 7.76. The fourth-order valence-corrected chi connectivity index (χ4v) is 5.58. The largest absolute Gasteiger partial charge is 0.416 e. The van der Waals surface area contributed by atoms with Crippen molar-refractivity contribution in [2.45, 2.75) is 57.9 Å². The molecule has 202 valence electrons. The number of nitrogens with one attached hydrogen (secondary N) is 1. The van der Waals surface area contributed by atoms with Crippen LogP contribution < -0.4 is 10.2 Å². The number of likely N-dealkylation sites (tertiary alicyclic amines) is 1. The Bertz CT molecular complexity index is 1010. The number of benzene rings is 1. The number of hydrogen-bond acceptors (Lipinski definition) is 5. The Hall–Kier alpha value is -2.65. The van der Waals surface area contributed by atoms with Crippen LogP contribution in [0.4, 0.5) is 18.9 Å². The van der Waals surface area contributed by atoms with Crippen molar-refractivity contribution in [3.63, 3.8) is 0 Å². The molecule has 2 atom stereocenters. The molecule has 2 saturated heterocycles. The van der Waals surface area contributed by atoms with E-state index >= 15 is 0 Å². The molecule has 1 aromatic carbocycles. The van der Waals surface area contributed by atoms with Crippen LogP contribution in [0.5, 0.6) is 0 Å². The molecular weight excluding hydrogens is 479 g/mol. The van der Waals surface area contributed by atoms with Gasteiger partial charge in [0.25, 0.3) is 0 Å². The molecule has 2 aliphatic rings. The zero-order chi connectivity index (χ0) is 26.4. The van der Waals surface area contributed by atoms with Crippen LogP contribution in [0.3, 0.4) is 0 Å². The van der Waals surface area contributed by atoms with Crippen molar-refractivity contribution in [2.24, 2.45) is 5.92 Å². The van der Waals surface area contributed by atoms with Gasteiger partial charge >= 0.3 is 6.18 Å². The highest BCUT2D eigenvalue weighted by molar-refractivity contribution is 5.75. The summed E-state index contributed by atoms with van der Waals surface area (Å²) in [6.07, 6.45) is 1.47. The minimum absolute atomic E-state index is 0.0617. The SMILES string of the molecule is CC(C)N1CC[C@@H](N2CCN(c3cccc(C(F)(F)F)c3)CC2)[C@@H](CCC(=O)NCc2ccncc2)C1. The molecule has 0 saturated carbocycles. The van der Waals surface area contributed by atoms with Crippen LogP contribution in [0.15, 0.2) is 48.8 Å². The van der Waals surface area contributed by atoms with Gasteiger partial charge < -0.3 is 15.1 Å². The number of hydrogen-bond donors (Lipinski definition) is 1. The van der Waals surface area contributed by atoms with Gasteiger partial charge in [-0.15, -0.1) is 0 Å². The Morgan fingerprint density at radius 2 is 1.81 bits per heavy atom. The molecule has 1 amide bonds. The van der Waals surface area contributed by atoms with Crippen molar-refractivity contribution in [1.29, 1.82) is 0 Å². The lowest BCUT2D eigenvalue weighted by molar-refractivity contribution is -0.137. The van der Waals surface area contributed by atoms with E-state index in [0.717, 1.165) is 50.7 Å². The lowest BCUT2D eigenvalue weighted by atomic mass is 9.86. The van der Waals surface area contributed by atoms with Gasteiger partial charge in [0.1, 0.15) is 0 Å². The number of rotatable bonds is 8. The minimum Gasteiger partial charge on any atom is -0.369 e. The standard InChI is InChI=1S/C28H38F3N5O/c1-21(2)36-13-10-26(23(20-36)6-7-27(37)33-19-22-8-11-32-12-9-22)35-16-14-34(15-17-35)25-5-3-4-24(18-25)28(29,30)31/h3-5,8-9,11-12,18,21,23,26H,6-7,10,13-17,19-20H2,1-2H3,(H,33,37)/t23-,26+/m0/s1. The third-order valence-electron chi connectivity index (χ3n) is 7.76. The second-order valence-electron chi connectivity index (χ2n) is 10.4. The smallest absolute Gasteiger partial charge is 0.369 e. The molecule has 1 aromatic heterocycles. The van der Waals surface area contributed by atoms with E-state index in [1.54, 1.807) is 18.5 Å². The maximum atomic E-state index is 13.2. The molecule has 0 radical (unpaired) electrons. The summed E-state index contributed by atoms with van der Waals surface area (Å²) in [5, 5.41) is 3.03. The van der Waals surface area contributed by atoms with Gasteiger partial charge in [0, 0.05) is 75.9 Å².